The Morgan fingerprint density at radius 2 is 2.09 bits per heavy atom. The number of rotatable bonds is 4. The van der Waals surface area contributed by atoms with Crippen LogP contribution in [0.5, 0.6) is 0 Å². The highest BCUT2D eigenvalue weighted by molar-refractivity contribution is 6.05. The van der Waals surface area contributed by atoms with E-state index in [4.69, 9.17) is 5.73 Å². The quantitative estimate of drug-likeness (QED) is 0.497. The molecule has 1 aromatic carbocycles. The number of nitrogens with one attached hydrogen (secondary N) is 1. The summed E-state index contributed by atoms with van der Waals surface area (Å²) < 4.78 is 6.38. The largest absolute Gasteiger partial charge is 0.464 e. The Kier molecular flexibility index (Phi) is 4.57. The van der Waals surface area contributed by atoms with Crippen molar-refractivity contribution in [3.8, 4) is 0 Å². The topological polar surface area (TPSA) is 99.2 Å². The SMILES string of the molecule is COC(=O)/C(=C\c1nccn1C)NC(=O)c1ccccc1N. The third-order valence-corrected chi connectivity index (χ3v) is 2.99. The summed E-state index contributed by atoms with van der Waals surface area (Å²) in [5, 5.41) is 2.50. The summed E-state index contributed by atoms with van der Waals surface area (Å²) in [4.78, 5) is 28.1. The minimum absolute atomic E-state index is 0.0231. The van der Waals surface area contributed by atoms with Gasteiger partial charge in [-0.05, 0) is 12.1 Å². The van der Waals surface area contributed by atoms with Gasteiger partial charge < -0.3 is 20.4 Å². The predicted molar refractivity (Wildman–Crippen MR) is 81.5 cm³/mol. The van der Waals surface area contributed by atoms with E-state index >= 15 is 0 Å². The van der Waals surface area contributed by atoms with Crippen LogP contribution in [0, 0.1) is 0 Å². The molecule has 1 aromatic heterocycles. The lowest BCUT2D eigenvalue weighted by Crippen LogP contribution is -2.28. The molecular formula is C15H16N4O3. The Bertz CT molecular complexity index is 734. The Balaban J connectivity index is 2.30. The van der Waals surface area contributed by atoms with Crippen molar-refractivity contribution < 1.29 is 14.3 Å². The number of carbonyl (C=O) groups excluding carboxylic acids is 2. The minimum atomic E-state index is -0.675. The molecule has 0 aliphatic carbocycles. The van der Waals surface area contributed by atoms with Gasteiger partial charge in [0.15, 0.2) is 0 Å². The van der Waals surface area contributed by atoms with Gasteiger partial charge in [0.05, 0.1) is 12.7 Å². The maximum Gasteiger partial charge on any atom is 0.354 e. The fourth-order valence-corrected chi connectivity index (χ4v) is 1.79. The van der Waals surface area contributed by atoms with Crippen molar-refractivity contribution in [2.24, 2.45) is 7.05 Å². The number of hydrogen-bond acceptors (Lipinski definition) is 5. The number of carbonyl (C=O) groups is 2. The highest BCUT2D eigenvalue weighted by Gasteiger charge is 2.17. The molecule has 3 N–H and O–H groups in total. The highest BCUT2D eigenvalue weighted by atomic mass is 16.5. The summed E-state index contributed by atoms with van der Waals surface area (Å²) in [5.41, 5.74) is 6.33. The van der Waals surface area contributed by atoms with Gasteiger partial charge in [-0.2, -0.15) is 0 Å². The molecule has 0 unspecified atom stereocenters. The van der Waals surface area contributed by atoms with Crippen molar-refractivity contribution in [2.45, 2.75) is 0 Å². The Morgan fingerprint density at radius 1 is 1.36 bits per heavy atom. The summed E-state index contributed by atoms with van der Waals surface area (Å²) in [7, 11) is 3.00. The van der Waals surface area contributed by atoms with Crippen LogP contribution in [0.4, 0.5) is 5.69 Å². The van der Waals surface area contributed by atoms with E-state index in [9.17, 15) is 9.59 Å². The second-order valence-corrected chi connectivity index (χ2v) is 4.49. The lowest BCUT2D eigenvalue weighted by atomic mass is 10.1. The number of nitrogen functional groups attached to an aromatic ring is 1. The third kappa shape index (κ3) is 3.32. The molecule has 0 atom stereocenters. The van der Waals surface area contributed by atoms with Gasteiger partial charge >= 0.3 is 5.97 Å². The number of anilines is 1. The van der Waals surface area contributed by atoms with Crippen LogP contribution in [0.3, 0.4) is 0 Å². The molecule has 0 fully saturated rings. The molecule has 0 aliphatic rings. The molecule has 2 aromatic rings. The van der Waals surface area contributed by atoms with Gasteiger partial charge in [0.25, 0.3) is 5.91 Å². The van der Waals surface area contributed by atoms with Crippen molar-refractivity contribution >= 4 is 23.6 Å². The zero-order chi connectivity index (χ0) is 16.1. The fourth-order valence-electron chi connectivity index (χ4n) is 1.79. The molecule has 0 radical (unpaired) electrons. The average molecular weight is 300 g/mol. The van der Waals surface area contributed by atoms with Gasteiger partial charge in [0.1, 0.15) is 11.5 Å². The molecule has 1 heterocycles. The van der Waals surface area contributed by atoms with Gasteiger partial charge in [-0.15, -0.1) is 0 Å². The first kappa shape index (κ1) is 15.3. The van der Waals surface area contributed by atoms with E-state index in [0.29, 0.717) is 11.5 Å². The Hall–Kier alpha value is -3.09. The van der Waals surface area contributed by atoms with Crippen molar-refractivity contribution in [3.05, 3.63) is 53.7 Å². The molecule has 1 amide bonds. The molecule has 0 saturated carbocycles. The van der Waals surface area contributed by atoms with Crippen LogP contribution in [-0.4, -0.2) is 28.5 Å². The molecule has 0 spiro atoms. The van der Waals surface area contributed by atoms with Gasteiger partial charge in [-0.3, -0.25) is 4.79 Å². The molecular weight excluding hydrogens is 284 g/mol. The first-order chi connectivity index (χ1) is 10.5. The van der Waals surface area contributed by atoms with Gasteiger partial charge in [-0.1, -0.05) is 12.1 Å². The number of nitrogens with two attached hydrogens (primary N) is 1. The van der Waals surface area contributed by atoms with Gasteiger partial charge in [-0.25, -0.2) is 9.78 Å². The second-order valence-electron chi connectivity index (χ2n) is 4.49. The number of aryl methyl sites for hydroxylation is 1. The van der Waals surface area contributed by atoms with Gasteiger partial charge in [0, 0.05) is 31.2 Å². The molecule has 0 aliphatic heterocycles. The number of methoxy groups -OCH3 is 1. The number of imidazole rings is 1. The van der Waals surface area contributed by atoms with Crippen LogP contribution >= 0.6 is 0 Å². The molecule has 2 rings (SSSR count). The van der Waals surface area contributed by atoms with Crippen LogP contribution in [0.15, 0.2) is 42.4 Å². The summed E-state index contributed by atoms with van der Waals surface area (Å²) in [5.74, 6) is -0.670. The Morgan fingerprint density at radius 3 is 2.68 bits per heavy atom. The summed E-state index contributed by atoms with van der Waals surface area (Å²) in [6.45, 7) is 0. The molecule has 7 heteroatoms. The molecule has 114 valence electrons. The lowest BCUT2D eigenvalue weighted by Gasteiger charge is -2.09. The first-order valence-corrected chi connectivity index (χ1v) is 6.46. The van der Waals surface area contributed by atoms with Crippen LogP contribution in [0.25, 0.3) is 6.08 Å². The zero-order valence-corrected chi connectivity index (χ0v) is 12.2. The summed E-state index contributed by atoms with van der Waals surface area (Å²) in [6, 6.07) is 6.58. The monoisotopic (exact) mass is 300 g/mol. The molecule has 0 saturated heterocycles. The zero-order valence-electron chi connectivity index (χ0n) is 12.2. The van der Waals surface area contributed by atoms with Crippen LogP contribution in [-0.2, 0) is 16.6 Å². The molecule has 0 bridgehead atoms. The molecule has 7 nitrogen and oxygen atoms in total. The van der Waals surface area contributed by atoms with E-state index < -0.39 is 11.9 Å². The summed E-state index contributed by atoms with van der Waals surface area (Å²) >= 11 is 0. The third-order valence-electron chi connectivity index (χ3n) is 2.99. The number of amides is 1. The average Bonchev–Trinajstić information content (AvgIpc) is 2.91. The summed E-state index contributed by atoms with van der Waals surface area (Å²) in [6.07, 6.45) is 4.73. The number of ether oxygens (including phenoxy) is 1. The number of hydrogen-bond donors (Lipinski definition) is 2. The Labute approximate surface area is 127 Å². The standard InChI is InChI=1S/C15H16N4O3/c1-19-8-7-17-13(19)9-12(15(21)22-2)18-14(20)10-5-3-4-6-11(10)16/h3-9H,16H2,1-2H3,(H,18,20)/b12-9+. The minimum Gasteiger partial charge on any atom is -0.464 e. The number of para-hydroxylation sites is 1. The molecule has 22 heavy (non-hydrogen) atoms. The fraction of sp³-hybridized carbons (Fsp3) is 0.133. The normalized spacial score (nSPS) is 11.1. The van der Waals surface area contributed by atoms with Crippen molar-refractivity contribution in [2.75, 3.05) is 12.8 Å². The van der Waals surface area contributed by atoms with E-state index in [-0.39, 0.29) is 11.3 Å². The number of benzene rings is 1. The lowest BCUT2D eigenvalue weighted by molar-refractivity contribution is -0.136. The van der Waals surface area contributed by atoms with E-state index in [1.807, 2.05) is 0 Å². The van der Waals surface area contributed by atoms with Crippen LogP contribution in [0.1, 0.15) is 16.2 Å². The number of aromatic nitrogens is 2. The van der Waals surface area contributed by atoms with E-state index in [0.717, 1.165) is 0 Å². The maximum absolute atomic E-state index is 12.2. The maximum atomic E-state index is 12.2. The smallest absolute Gasteiger partial charge is 0.354 e. The number of esters is 1. The first-order valence-electron chi connectivity index (χ1n) is 6.46. The van der Waals surface area contributed by atoms with E-state index in [1.165, 1.54) is 13.2 Å². The predicted octanol–water partition coefficient (Wildman–Crippen LogP) is 0.946. The van der Waals surface area contributed by atoms with Crippen molar-refractivity contribution in [1.82, 2.24) is 14.9 Å². The van der Waals surface area contributed by atoms with Gasteiger partial charge in [0.2, 0.25) is 0 Å². The van der Waals surface area contributed by atoms with Crippen LogP contribution in [0.2, 0.25) is 0 Å². The highest BCUT2D eigenvalue weighted by Crippen LogP contribution is 2.12. The van der Waals surface area contributed by atoms with Crippen LogP contribution < -0.4 is 11.1 Å². The second kappa shape index (κ2) is 6.57. The van der Waals surface area contributed by atoms with E-state index in [2.05, 4.69) is 15.0 Å². The van der Waals surface area contributed by atoms with E-state index in [1.54, 1.807) is 48.3 Å². The number of nitrogens with zero attached hydrogens (tertiary/aromatic N) is 2. The van der Waals surface area contributed by atoms with Crippen molar-refractivity contribution in [3.63, 3.8) is 0 Å². The van der Waals surface area contributed by atoms with Crippen molar-refractivity contribution in [1.29, 1.82) is 0 Å².